The number of rotatable bonds is 11. The van der Waals surface area contributed by atoms with Crippen LogP contribution in [0.25, 0.3) is 27.5 Å². The average Bonchev–Trinajstić information content (AvgIpc) is 3.58. The van der Waals surface area contributed by atoms with Gasteiger partial charge in [0.05, 0.1) is 34.4 Å². The molecule has 2 N–H and O–H groups in total. The number of aliphatic imine (C=N–C) groups is 1. The molecule has 4 rings (SSSR count). The zero-order valence-electron chi connectivity index (χ0n) is 20.7. The molecule has 0 unspecified atom stereocenters. The van der Waals surface area contributed by atoms with E-state index in [0.29, 0.717) is 29.3 Å². The Morgan fingerprint density at radius 2 is 2.08 bits per heavy atom. The van der Waals surface area contributed by atoms with Crippen LogP contribution >= 0.6 is 11.3 Å². The van der Waals surface area contributed by atoms with Crippen molar-refractivity contribution in [2.45, 2.75) is 26.8 Å². The Morgan fingerprint density at radius 1 is 1.25 bits per heavy atom. The SMILES string of the molecule is C=CN=CNc1cc(C(=O)NC[C@H](C)N(CC)CC)cc(-c2cnn3ccc(-c4cccs4)nc23)n1. The number of anilines is 1. The largest absolute Gasteiger partial charge is 0.350 e. The molecule has 36 heavy (non-hydrogen) atoms. The second-order valence-corrected chi connectivity index (χ2v) is 9.08. The summed E-state index contributed by atoms with van der Waals surface area (Å²) < 4.78 is 1.71. The van der Waals surface area contributed by atoms with E-state index < -0.39 is 0 Å². The van der Waals surface area contributed by atoms with Crippen LogP contribution in [0.1, 0.15) is 31.1 Å². The predicted octanol–water partition coefficient (Wildman–Crippen LogP) is 4.56. The molecular weight excluding hydrogens is 472 g/mol. The average molecular weight is 503 g/mol. The highest BCUT2D eigenvalue weighted by molar-refractivity contribution is 7.13. The molecule has 0 saturated carbocycles. The van der Waals surface area contributed by atoms with Crippen LogP contribution in [-0.4, -0.2) is 62.4 Å². The molecule has 0 saturated heterocycles. The van der Waals surface area contributed by atoms with Crippen molar-refractivity contribution < 1.29 is 4.79 Å². The Morgan fingerprint density at radius 3 is 2.81 bits per heavy atom. The molecule has 4 aromatic rings. The summed E-state index contributed by atoms with van der Waals surface area (Å²) in [5.41, 5.74) is 3.31. The predicted molar refractivity (Wildman–Crippen MR) is 147 cm³/mol. The van der Waals surface area contributed by atoms with E-state index in [-0.39, 0.29) is 11.9 Å². The number of amides is 1. The number of thiophene rings is 1. The summed E-state index contributed by atoms with van der Waals surface area (Å²) in [6.07, 6.45) is 6.49. The fraction of sp³-hybridized carbons (Fsp3) is 0.269. The molecule has 1 amide bonds. The standard InChI is InChI=1S/C26H30N8OS/c1-5-27-17-29-24-14-19(26(35)28-15-18(4)33(6-2)7-3)13-22(31-24)20-16-30-34-11-10-21(32-25(20)34)23-9-8-12-36-23/h5,8-14,16-18H,1,6-7,15H2,2-4H3,(H,28,35)(H,27,29,31)/t18-/m0/s1. The molecule has 0 radical (unpaired) electrons. The Labute approximate surface area is 214 Å². The van der Waals surface area contributed by atoms with Gasteiger partial charge in [0, 0.05) is 30.5 Å². The van der Waals surface area contributed by atoms with E-state index in [1.807, 2.05) is 29.8 Å². The fourth-order valence-corrected chi connectivity index (χ4v) is 4.65. The van der Waals surface area contributed by atoms with Crippen LogP contribution in [-0.2, 0) is 0 Å². The first-order chi connectivity index (χ1) is 17.5. The van der Waals surface area contributed by atoms with Crippen LogP contribution in [0.15, 0.2) is 65.9 Å². The summed E-state index contributed by atoms with van der Waals surface area (Å²) >= 11 is 1.62. The number of aromatic nitrogens is 4. The molecule has 0 aliphatic rings. The zero-order chi connectivity index (χ0) is 25.5. The van der Waals surface area contributed by atoms with Crippen molar-refractivity contribution in [2.75, 3.05) is 25.0 Å². The van der Waals surface area contributed by atoms with Gasteiger partial charge >= 0.3 is 0 Å². The Kier molecular flexibility index (Phi) is 8.19. The highest BCUT2D eigenvalue weighted by Gasteiger charge is 2.17. The lowest BCUT2D eigenvalue weighted by Crippen LogP contribution is -2.42. The molecular formula is C26H30N8OS. The van der Waals surface area contributed by atoms with Gasteiger partial charge in [0.2, 0.25) is 0 Å². The molecule has 0 aromatic carbocycles. The molecule has 4 aromatic heterocycles. The first-order valence-electron chi connectivity index (χ1n) is 11.9. The van der Waals surface area contributed by atoms with Crippen molar-refractivity contribution in [1.82, 2.24) is 29.8 Å². The van der Waals surface area contributed by atoms with E-state index in [4.69, 9.17) is 9.97 Å². The highest BCUT2D eigenvalue weighted by atomic mass is 32.1. The molecule has 0 aliphatic carbocycles. The monoisotopic (exact) mass is 502 g/mol. The lowest BCUT2D eigenvalue weighted by atomic mass is 10.1. The Bertz CT molecular complexity index is 1360. The summed E-state index contributed by atoms with van der Waals surface area (Å²) in [6.45, 7) is 12.3. The second-order valence-electron chi connectivity index (χ2n) is 8.13. The van der Waals surface area contributed by atoms with Crippen LogP contribution in [0, 0.1) is 0 Å². The molecule has 10 heteroatoms. The normalized spacial score (nSPS) is 12.3. The van der Waals surface area contributed by atoms with Gasteiger partial charge in [-0.15, -0.1) is 11.3 Å². The maximum Gasteiger partial charge on any atom is 0.251 e. The third kappa shape index (κ3) is 5.67. The zero-order valence-corrected chi connectivity index (χ0v) is 21.5. The van der Waals surface area contributed by atoms with Gasteiger partial charge in [-0.25, -0.2) is 19.5 Å². The van der Waals surface area contributed by atoms with Crippen LogP contribution in [0.3, 0.4) is 0 Å². The minimum Gasteiger partial charge on any atom is -0.350 e. The first kappa shape index (κ1) is 25.2. The van der Waals surface area contributed by atoms with E-state index in [1.165, 1.54) is 12.5 Å². The van der Waals surface area contributed by atoms with Gasteiger partial charge in [0.1, 0.15) is 5.82 Å². The van der Waals surface area contributed by atoms with Crippen molar-refractivity contribution in [3.05, 3.63) is 66.4 Å². The fourth-order valence-electron chi connectivity index (χ4n) is 3.96. The first-order valence-corrected chi connectivity index (χ1v) is 12.7. The number of carbonyl (C=O) groups excluding carboxylic acids is 1. The third-order valence-electron chi connectivity index (χ3n) is 5.89. The number of likely N-dealkylation sites (N-methyl/N-ethyl adjacent to an activating group) is 1. The van der Waals surface area contributed by atoms with Gasteiger partial charge in [-0.05, 0) is 49.7 Å². The molecule has 9 nitrogen and oxygen atoms in total. The number of nitrogens with zero attached hydrogens (tertiary/aromatic N) is 6. The molecule has 0 bridgehead atoms. The van der Waals surface area contributed by atoms with Gasteiger partial charge in [-0.1, -0.05) is 26.5 Å². The molecule has 4 heterocycles. The van der Waals surface area contributed by atoms with Gasteiger partial charge in [-0.2, -0.15) is 5.10 Å². The van der Waals surface area contributed by atoms with Crippen LogP contribution in [0.4, 0.5) is 5.82 Å². The number of hydrogen-bond acceptors (Lipinski definition) is 7. The summed E-state index contributed by atoms with van der Waals surface area (Å²) in [5.74, 6) is 0.305. The molecule has 186 valence electrons. The van der Waals surface area contributed by atoms with Crippen molar-refractivity contribution in [2.24, 2.45) is 4.99 Å². The van der Waals surface area contributed by atoms with Crippen molar-refractivity contribution in [3.63, 3.8) is 0 Å². The van der Waals surface area contributed by atoms with E-state index in [0.717, 1.165) is 29.2 Å². The van der Waals surface area contributed by atoms with Crippen molar-refractivity contribution in [1.29, 1.82) is 0 Å². The second kappa shape index (κ2) is 11.7. The van der Waals surface area contributed by atoms with E-state index in [1.54, 1.807) is 34.2 Å². The van der Waals surface area contributed by atoms with Crippen LogP contribution < -0.4 is 10.6 Å². The molecule has 0 fully saturated rings. The minimum atomic E-state index is -0.176. The van der Waals surface area contributed by atoms with E-state index in [2.05, 4.69) is 53.0 Å². The van der Waals surface area contributed by atoms with Gasteiger partial charge in [0.15, 0.2) is 5.65 Å². The van der Waals surface area contributed by atoms with E-state index >= 15 is 0 Å². The maximum absolute atomic E-state index is 13.2. The summed E-state index contributed by atoms with van der Waals surface area (Å²) in [4.78, 5) is 30.0. The third-order valence-corrected chi connectivity index (χ3v) is 6.78. The molecule has 0 aliphatic heterocycles. The molecule has 1 atom stereocenters. The summed E-state index contributed by atoms with van der Waals surface area (Å²) in [6, 6.07) is 9.65. The topological polar surface area (TPSA) is 99.8 Å². The van der Waals surface area contributed by atoms with Crippen molar-refractivity contribution in [3.8, 4) is 21.8 Å². The van der Waals surface area contributed by atoms with Gasteiger partial charge in [-0.3, -0.25) is 9.69 Å². The summed E-state index contributed by atoms with van der Waals surface area (Å²) in [7, 11) is 0. The maximum atomic E-state index is 13.2. The van der Waals surface area contributed by atoms with Gasteiger partial charge < -0.3 is 10.6 Å². The lowest BCUT2D eigenvalue weighted by Gasteiger charge is -2.26. The number of nitrogens with one attached hydrogen (secondary N) is 2. The lowest BCUT2D eigenvalue weighted by molar-refractivity contribution is 0.0938. The smallest absolute Gasteiger partial charge is 0.251 e. The minimum absolute atomic E-state index is 0.176. The van der Waals surface area contributed by atoms with Crippen molar-refractivity contribution >= 4 is 35.0 Å². The molecule has 0 spiro atoms. The van der Waals surface area contributed by atoms with E-state index in [9.17, 15) is 4.79 Å². The number of fused-ring (bicyclic) bond motifs is 1. The Balaban J connectivity index is 1.69. The van der Waals surface area contributed by atoms with Gasteiger partial charge in [0.25, 0.3) is 5.91 Å². The quantitative estimate of drug-likeness (QED) is 0.230. The highest BCUT2D eigenvalue weighted by Crippen LogP contribution is 2.28. The van der Waals surface area contributed by atoms with Crippen LogP contribution in [0.5, 0.6) is 0 Å². The Hall–Kier alpha value is -3.89. The number of pyridine rings is 1. The van der Waals surface area contributed by atoms with Crippen LogP contribution in [0.2, 0.25) is 0 Å². The number of hydrogen-bond donors (Lipinski definition) is 2. The summed E-state index contributed by atoms with van der Waals surface area (Å²) in [5, 5.41) is 12.5. The number of carbonyl (C=O) groups is 1.